The zero-order chi connectivity index (χ0) is 16.3. The van der Waals surface area contributed by atoms with Crippen LogP contribution in [-0.4, -0.2) is 53.7 Å². The maximum atomic E-state index is 12.6. The molecule has 0 unspecified atom stereocenters. The fraction of sp³-hybridized carbons (Fsp3) is 0.571. The molecule has 124 valence electrons. The van der Waals surface area contributed by atoms with Crippen LogP contribution in [0.3, 0.4) is 0 Å². The molecule has 0 spiro atoms. The lowest BCUT2D eigenvalue weighted by molar-refractivity contribution is 0.248. The van der Waals surface area contributed by atoms with Crippen LogP contribution < -0.4 is 14.2 Å². The van der Waals surface area contributed by atoms with Crippen molar-refractivity contribution in [2.45, 2.75) is 23.8 Å². The van der Waals surface area contributed by atoms with Gasteiger partial charge in [-0.3, -0.25) is 0 Å². The molecule has 1 saturated heterocycles. The van der Waals surface area contributed by atoms with Gasteiger partial charge in [0.25, 0.3) is 0 Å². The van der Waals surface area contributed by atoms with Gasteiger partial charge in [0.2, 0.25) is 10.0 Å². The smallest absolute Gasteiger partial charge is 0.242 e. The van der Waals surface area contributed by atoms with Gasteiger partial charge in [-0.15, -0.1) is 0 Å². The summed E-state index contributed by atoms with van der Waals surface area (Å²) >= 11 is 3.30. The van der Waals surface area contributed by atoms with E-state index < -0.39 is 10.0 Å². The Morgan fingerprint density at radius 1 is 1.18 bits per heavy atom. The van der Waals surface area contributed by atoms with Gasteiger partial charge in [-0.2, -0.15) is 0 Å². The van der Waals surface area contributed by atoms with Gasteiger partial charge in [-0.1, -0.05) is 0 Å². The first-order valence-electron chi connectivity index (χ1n) is 6.99. The van der Waals surface area contributed by atoms with E-state index in [1.165, 1.54) is 20.3 Å². The largest absolute Gasteiger partial charge is 0.493 e. The van der Waals surface area contributed by atoms with Gasteiger partial charge in [0.05, 0.1) is 14.2 Å². The van der Waals surface area contributed by atoms with Crippen molar-refractivity contribution < 1.29 is 17.9 Å². The first kappa shape index (κ1) is 17.5. The Kier molecular flexibility index (Phi) is 5.70. The van der Waals surface area contributed by atoms with E-state index in [2.05, 4.69) is 25.6 Å². The normalized spacial score (nSPS) is 17.5. The molecule has 0 atom stereocenters. The number of benzene rings is 1. The van der Waals surface area contributed by atoms with Crippen LogP contribution in [-0.2, 0) is 10.0 Å². The highest BCUT2D eigenvalue weighted by Crippen LogP contribution is 2.35. The van der Waals surface area contributed by atoms with Crippen LogP contribution in [0, 0.1) is 0 Å². The summed E-state index contributed by atoms with van der Waals surface area (Å²) in [4.78, 5) is 2.35. The minimum Gasteiger partial charge on any atom is -0.493 e. The van der Waals surface area contributed by atoms with Gasteiger partial charge in [-0.05, 0) is 55.0 Å². The van der Waals surface area contributed by atoms with Crippen molar-refractivity contribution in [1.82, 2.24) is 9.62 Å². The molecule has 2 rings (SSSR count). The Bertz CT molecular complexity index is 628. The number of nitrogens with zero attached hydrogens (tertiary/aromatic N) is 1. The van der Waals surface area contributed by atoms with E-state index in [0.717, 1.165) is 25.9 Å². The van der Waals surface area contributed by atoms with E-state index in [4.69, 9.17) is 9.47 Å². The molecule has 0 aliphatic carbocycles. The van der Waals surface area contributed by atoms with Crippen molar-refractivity contribution in [3.63, 3.8) is 0 Å². The lowest BCUT2D eigenvalue weighted by Gasteiger charge is -2.29. The molecule has 0 radical (unpaired) electrons. The van der Waals surface area contributed by atoms with Gasteiger partial charge in [-0.25, -0.2) is 13.1 Å². The first-order valence-corrected chi connectivity index (χ1v) is 9.27. The van der Waals surface area contributed by atoms with E-state index in [-0.39, 0.29) is 10.9 Å². The van der Waals surface area contributed by atoms with Crippen LogP contribution in [0.4, 0.5) is 0 Å². The maximum Gasteiger partial charge on any atom is 0.242 e. The predicted molar refractivity (Wildman–Crippen MR) is 88.1 cm³/mol. The summed E-state index contributed by atoms with van der Waals surface area (Å²) in [5, 5.41) is 0. The molecule has 1 fully saturated rings. The molecule has 0 aromatic heterocycles. The summed E-state index contributed by atoms with van der Waals surface area (Å²) in [6.45, 7) is 1.78. The van der Waals surface area contributed by atoms with Crippen molar-refractivity contribution in [3.05, 3.63) is 16.6 Å². The van der Waals surface area contributed by atoms with Crippen LogP contribution in [0.2, 0.25) is 0 Å². The molecule has 1 aromatic carbocycles. The number of piperidine rings is 1. The molecule has 1 aromatic rings. The number of ether oxygens (including phenoxy) is 2. The molecular formula is C14H21BrN2O4S. The van der Waals surface area contributed by atoms with Gasteiger partial charge in [0, 0.05) is 16.6 Å². The van der Waals surface area contributed by atoms with Crippen molar-refractivity contribution in [2.24, 2.45) is 0 Å². The number of nitrogens with one attached hydrogen (secondary N) is 1. The second-order valence-electron chi connectivity index (χ2n) is 5.34. The molecule has 0 bridgehead atoms. The third kappa shape index (κ3) is 3.92. The maximum absolute atomic E-state index is 12.6. The monoisotopic (exact) mass is 392 g/mol. The average molecular weight is 393 g/mol. The van der Waals surface area contributed by atoms with E-state index in [1.807, 2.05) is 7.05 Å². The molecular weight excluding hydrogens is 372 g/mol. The Balaban J connectivity index is 2.25. The standard InChI is InChI=1S/C14H21BrN2O4S/c1-17-6-4-10(5-7-17)16-22(18,19)14-9-13(21-3)12(20-2)8-11(14)15/h8-10,16H,4-7H2,1-3H3. The third-order valence-electron chi connectivity index (χ3n) is 3.77. The molecule has 1 aliphatic heterocycles. The van der Waals surface area contributed by atoms with Crippen molar-refractivity contribution >= 4 is 26.0 Å². The van der Waals surface area contributed by atoms with Crippen molar-refractivity contribution in [2.75, 3.05) is 34.4 Å². The van der Waals surface area contributed by atoms with Crippen LogP contribution in [0.25, 0.3) is 0 Å². The quantitative estimate of drug-likeness (QED) is 0.827. The zero-order valence-corrected chi connectivity index (χ0v) is 15.3. The van der Waals surface area contributed by atoms with Gasteiger partial charge in [0.15, 0.2) is 11.5 Å². The first-order chi connectivity index (χ1) is 10.4. The molecule has 1 heterocycles. The fourth-order valence-electron chi connectivity index (χ4n) is 2.45. The number of likely N-dealkylation sites (tertiary alicyclic amines) is 1. The third-order valence-corrected chi connectivity index (χ3v) is 6.25. The molecule has 8 heteroatoms. The molecule has 0 amide bonds. The zero-order valence-electron chi connectivity index (χ0n) is 12.9. The lowest BCUT2D eigenvalue weighted by atomic mass is 10.1. The van der Waals surface area contributed by atoms with Crippen LogP contribution in [0.15, 0.2) is 21.5 Å². The minimum atomic E-state index is -3.62. The molecule has 6 nitrogen and oxygen atoms in total. The summed E-state index contributed by atoms with van der Waals surface area (Å²) in [5.74, 6) is 0.863. The summed E-state index contributed by atoms with van der Waals surface area (Å²) in [7, 11) is 1.41. The molecule has 22 heavy (non-hydrogen) atoms. The fourth-order valence-corrected chi connectivity index (χ4v) is 4.79. The minimum absolute atomic E-state index is 0.0406. The summed E-state index contributed by atoms with van der Waals surface area (Å²) in [6, 6.07) is 3.03. The number of halogens is 1. The summed E-state index contributed by atoms with van der Waals surface area (Å²) in [5.41, 5.74) is 0. The lowest BCUT2D eigenvalue weighted by Crippen LogP contribution is -2.43. The predicted octanol–water partition coefficient (Wildman–Crippen LogP) is 1.84. The van der Waals surface area contributed by atoms with Gasteiger partial charge >= 0.3 is 0 Å². The highest BCUT2D eigenvalue weighted by atomic mass is 79.9. The topological polar surface area (TPSA) is 67.9 Å². The SMILES string of the molecule is COc1cc(Br)c(S(=O)(=O)NC2CCN(C)CC2)cc1OC. The number of hydrogen-bond donors (Lipinski definition) is 1. The number of rotatable bonds is 5. The average Bonchev–Trinajstić information content (AvgIpc) is 2.48. The Hall–Kier alpha value is -0.830. The van der Waals surface area contributed by atoms with E-state index in [0.29, 0.717) is 16.0 Å². The number of hydrogen-bond acceptors (Lipinski definition) is 5. The number of methoxy groups -OCH3 is 2. The van der Waals surface area contributed by atoms with Crippen LogP contribution >= 0.6 is 15.9 Å². The summed E-state index contributed by atoms with van der Waals surface area (Å²) < 4.78 is 38.8. The van der Waals surface area contributed by atoms with Crippen molar-refractivity contribution in [1.29, 1.82) is 0 Å². The Morgan fingerprint density at radius 2 is 1.73 bits per heavy atom. The highest BCUT2D eigenvalue weighted by molar-refractivity contribution is 9.10. The van der Waals surface area contributed by atoms with E-state index >= 15 is 0 Å². The van der Waals surface area contributed by atoms with Crippen LogP contribution in [0.5, 0.6) is 11.5 Å². The van der Waals surface area contributed by atoms with Crippen molar-refractivity contribution in [3.8, 4) is 11.5 Å². The van der Waals surface area contributed by atoms with E-state index in [1.54, 1.807) is 6.07 Å². The van der Waals surface area contributed by atoms with Crippen LogP contribution in [0.1, 0.15) is 12.8 Å². The molecule has 1 N–H and O–H groups in total. The molecule has 0 saturated carbocycles. The number of sulfonamides is 1. The van der Waals surface area contributed by atoms with E-state index in [9.17, 15) is 8.42 Å². The summed E-state index contributed by atoms with van der Waals surface area (Å²) in [6.07, 6.45) is 1.61. The Morgan fingerprint density at radius 3 is 2.27 bits per heavy atom. The second-order valence-corrected chi connectivity index (χ2v) is 7.87. The second kappa shape index (κ2) is 7.16. The van der Waals surface area contributed by atoms with Gasteiger partial charge < -0.3 is 14.4 Å². The highest BCUT2D eigenvalue weighted by Gasteiger charge is 2.26. The van der Waals surface area contributed by atoms with Gasteiger partial charge in [0.1, 0.15) is 4.90 Å². The Labute approximate surface area is 140 Å². The molecule has 1 aliphatic rings.